The van der Waals surface area contributed by atoms with Crippen LogP contribution in [0.25, 0.3) is 0 Å². The summed E-state index contributed by atoms with van der Waals surface area (Å²) < 4.78 is 31.6. The topological polar surface area (TPSA) is 74.6 Å². The molecule has 2 N–H and O–H groups in total. The molecule has 0 saturated carbocycles. The van der Waals surface area contributed by atoms with Crippen molar-refractivity contribution in [1.29, 1.82) is 0 Å². The van der Waals surface area contributed by atoms with Crippen molar-refractivity contribution in [3.05, 3.63) is 0 Å². The van der Waals surface area contributed by atoms with Gasteiger partial charge in [0.2, 0.25) is 0 Å². The molecule has 0 rings (SSSR count). The number of hydrogen-bond acceptors (Lipinski definition) is 2. The van der Waals surface area contributed by atoms with Crippen molar-refractivity contribution in [3.8, 4) is 0 Å². The van der Waals surface area contributed by atoms with Crippen LogP contribution in [-0.4, -0.2) is 164 Å². The van der Waals surface area contributed by atoms with Crippen molar-refractivity contribution >= 4 is 157 Å². The predicted molar refractivity (Wildman–Crippen MR) is 38.1 cm³/mol. The predicted octanol–water partition coefficient (Wildman–Crippen LogP) is -1.12. The first-order valence-electron chi connectivity index (χ1n) is 0.698. The van der Waals surface area contributed by atoms with Gasteiger partial charge in [-0.05, 0) is 0 Å². The molecule has 0 spiro atoms. The van der Waals surface area contributed by atoms with E-state index in [1.54, 1.807) is 0 Å². The van der Waals surface area contributed by atoms with Crippen LogP contribution >= 0.6 is 0 Å². The largest absolute Gasteiger partial charge is 2.00 e. The minimum Gasteiger partial charge on any atom is -1.00 e. The van der Waals surface area contributed by atoms with E-state index in [9.17, 15) is 0 Å². The Morgan fingerprint density at radius 1 is 1.00 bits per heavy atom. The average Bonchev–Trinajstić information content (AvgIpc) is 0.722. The molecule has 4 nitrogen and oxygen atoms in total. The standard InChI is InChI=1S/3Ba.H2O4S.6H/c;;;1-5(2,3)4;;;;;;/h;;;(H2,1,2,3,4);;;;;;/q3*+2;;6*-1. The molecular weight excluding hydrogens is 508 g/mol. The van der Waals surface area contributed by atoms with Crippen molar-refractivity contribution in [2.24, 2.45) is 0 Å². The second-order valence-corrected chi connectivity index (χ2v) is 1.34. The summed E-state index contributed by atoms with van der Waals surface area (Å²) in [4.78, 5) is 0. The van der Waals surface area contributed by atoms with Gasteiger partial charge in [0.15, 0.2) is 0 Å². The zero-order valence-corrected chi connectivity index (χ0v) is 18.4. The van der Waals surface area contributed by atoms with Crippen LogP contribution in [0, 0.1) is 0 Å². The molecule has 0 atom stereocenters. The van der Waals surface area contributed by atoms with Gasteiger partial charge >= 0.3 is 157 Å². The second-order valence-electron chi connectivity index (χ2n) is 0.448. The maximum atomic E-state index is 8.74. The van der Waals surface area contributed by atoms with E-state index < -0.39 is 10.4 Å². The van der Waals surface area contributed by atoms with Gasteiger partial charge in [-0.25, -0.2) is 0 Å². The molecule has 0 aromatic heterocycles. The first-order valence-corrected chi connectivity index (χ1v) is 2.10. The first-order chi connectivity index (χ1) is 2.00. The van der Waals surface area contributed by atoms with Crippen molar-refractivity contribution in [2.75, 3.05) is 0 Å². The molecule has 0 saturated heterocycles. The normalized spacial score (nSPS) is 7.25. The molecule has 0 bridgehead atoms. The molecule has 0 heterocycles. The van der Waals surface area contributed by atoms with Gasteiger partial charge in [-0.2, -0.15) is 8.42 Å². The fraction of sp³-hybridized carbons (Fsp3) is 0. The zero-order valence-electron chi connectivity index (χ0n) is 10.2. The van der Waals surface area contributed by atoms with Crippen molar-refractivity contribution in [3.63, 3.8) is 0 Å². The van der Waals surface area contributed by atoms with E-state index in [1.807, 2.05) is 0 Å². The van der Waals surface area contributed by atoms with Crippen LogP contribution < -0.4 is 0 Å². The quantitative estimate of drug-likeness (QED) is 0.317. The summed E-state index contributed by atoms with van der Waals surface area (Å²) in [6.07, 6.45) is 0. The van der Waals surface area contributed by atoms with E-state index in [0.717, 1.165) is 0 Å². The molecule has 0 aromatic carbocycles. The second kappa shape index (κ2) is 11.6. The summed E-state index contributed by atoms with van der Waals surface area (Å²) in [6.45, 7) is 0. The van der Waals surface area contributed by atoms with Gasteiger partial charge in [-0.15, -0.1) is 0 Å². The van der Waals surface area contributed by atoms with Crippen LogP contribution in [0.2, 0.25) is 0 Å². The molecule has 0 aliphatic rings. The maximum Gasteiger partial charge on any atom is 2.00 e. The molecule has 0 aliphatic carbocycles. The molecule has 0 radical (unpaired) electrons. The summed E-state index contributed by atoms with van der Waals surface area (Å²) in [5.41, 5.74) is 0. The zero-order chi connectivity index (χ0) is 4.50. The van der Waals surface area contributed by atoms with Crippen LogP contribution in [0.5, 0.6) is 0 Å². The molecule has 0 aromatic rings. The SMILES string of the molecule is O=S(=O)(O)O.[Ba+2].[Ba+2].[Ba+2].[H-].[H-].[H-].[H-].[H-].[H-]. The fourth-order valence-electron chi connectivity index (χ4n) is 0. The third-order valence-corrected chi connectivity index (χ3v) is 0. The van der Waals surface area contributed by atoms with Gasteiger partial charge in [0.1, 0.15) is 0 Å². The van der Waals surface area contributed by atoms with E-state index in [1.165, 1.54) is 0 Å². The smallest absolute Gasteiger partial charge is 1.00 e. The Kier molecular flexibility index (Phi) is 33.2. The molecule has 0 fully saturated rings. The maximum absolute atomic E-state index is 8.74. The summed E-state index contributed by atoms with van der Waals surface area (Å²) >= 11 is 0. The molecule has 0 unspecified atom stereocenters. The van der Waals surface area contributed by atoms with Gasteiger partial charge in [0.25, 0.3) is 0 Å². The molecule has 8 heteroatoms. The van der Waals surface area contributed by atoms with E-state index in [0.29, 0.717) is 0 Å². The fourth-order valence-corrected chi connectivity index (χ4v) is 0. The summed E-state index contributed by atoms with van der Waals surface area (Å²) in [6, 6.07) is 0. The van der Waals surface area contributed by atoms with Gasteiger partial charge < -0.3 is 8.56 Å². The van der Waals surface area contributed by atoms with Gasteiger partial charge in [-0.3, -0.25) is 9.11 Å². The average molecular weight is 516 g/mol. The summed E-state index contributed by atoms with van der Waals surface area (Å²) in [7, 11) is -4.67. The molecule has 0 aliphatic heterocycles. The van der Waals surface area contributed by atoms with Gasteiger partial charge in [0, 0.05) is 0 Å². The van der Waals surface area contributed by atoms with Crippen LogP contribution in [-0.2, 0) is 10.4 Å². The molecule has 8 heavy (non-hydrogen) atoms. The van der Waals surface area contributed by atoms with E-state index in [2.05, 4.69) is 0 Å². The van der Waals surface area contributed by atoms with Crippen molar-refractivity contribution in [2.45, 2.75) is 0 Å². The van der Waals surface area contributed by atoms with Gasteiger partial charge in [0.05, 0.1) is 0 Å². The van der Waals surface area contributed by atoms with Gasteiger partial charge in [-0.1, -0.05) is 0 Å². The summed E-state index contributed by atoms with van der Waals surface area (Å²) in [5.74, 6) is 0. The molecule has 44 valence electrons. The number of rotatable bonds is 0. The van der Waals surface area contributed by atoms with E-state index >= 15 is 0 Å². The Labute approximate surface area is 178 Å². The van der Waals surface area contributed by atoms with E-state index in [-0.39, 0.29) is 155 Å². The molecule has 0 amide bonds. The van der Waals surface area contributed by atoms with Crippen molar-refractivity contribution < 1.29 is 26.1 Å². The third-order valence-electron chi connectivity index (χ3n) is 0. The minimum atomic E-state index is -4.67. The first kappa shape index (κ1) is 22.9. The Balaban J connectivity index is -0.00000000222. The summed E-state index contributed by atoms with van der Waals surface area (Å²) in [5, 5.41) is 0. The third kappa shape index (κ3) is 46.3. The van der Waals surface area contributed by atoms with Crippen LogP contribution in [0.1, 0.15) is 8.56 Å². The Morgan fingerprint density at radius 3 is 1.00 bits per heavy atom. The monoisotopic (exact) mass is 518 g/mol. The van der Waals surface area contributed by atoms with Crippen LogP contribution in [0.15, 0.2) is 0 Å². The van der Waals surface area contributed by atoms with Crippen LogP contribution in [0.4, 0.5) is 0 Å². The number of hydrogen-bond donors (Lipinski definition) is 2. The minimum absolute atomic E-state index is 0. The Bertz CT molecular complexity index is 108. The van der Waals surface area contributed by atoms with Crippen LogP contribution in [0.3, 0.4) is 0 Å². The van der Waals surface area contributed by atoms with E-state index in [4.69, 9.17) is 17.5 Å². The molecular formula is H8Ba3O4S. The Morgan fingerprint density at radius 2 is 1.00 bits per heavy atom. The van der Waals surface area contributed by atoms with Crippen molar-refractivity contribution in [1.82, 2.24) is 0 Å². The Hall–Kier alpha value is 4.58.